The second-order valence-electron chi connectivity index (χ2n) is 5.99. The molecule has 2 rings (SSSR count). The highest BCUT2D eigenvalue weighted by Gasteiger charge is 2.16. The number of thiol groups is 1. The Hall–Kier alpha value is -2.33. The Labute approximate surface area is 152 Å². The summed E-state index contributed by atoms with van der Waals surface area (Å²) in [6, 6.07) is 9.04. The van der Waals surface area contributed by atoms with E-state index in [4.69, 9.17) is 5.73 Å². The number of hydrogen-bond donors (Lipinski definition) is 5. The molecule has 0 saturated carbocycles. The molecule has 11 N–H and O–H groups in total. The molecule has 0 saturated heterocycles. The smallest absolute Gasteiger partial charge is 0.261 e. The van der Waals surface area contributed by atoms with Crippen molar-refractivity contribution in [3.63, 3.8) is 0 Å². The maximum atomic E-state index is 12.2. The molecule has 9 heteroatoms. The van der Waals surface area contributed by atoms with Crippen molar-refractivity contribution in [1.29, 1.82) is 0 Å². The number of pyridine rings is 1. The molecule has 0 spiro atoms. The first-order valence-electron chi connectivity index (χ1n) is 6.90. The summed E-state index contributed by atoms with van der Waals surface area (Å²) in [5.41, 5.74) is 7.22. The van der Waals surface area contributed by atoms with Gasteiger partial charge in [0.25, 0.3) is 5.56 Å². The number of hydrogen-bond acceptors (Lipinski definition) is 5. The van der Waals surface area contributed by atoms with E-state index in [0.29, 0.717) is 16.9 Å². The summed E-state index contributed by atoms with van der Waals surface area (Å²) >= 11 is 4.27. The Kier molecular flexibility index (Phi) is 9.81. The fourth-order valence-electron chi connectivity index (χ4n) is 2.00. The molecule has 0 unspecified atom stereocenters. The van der Waals surface area contributed by atoms with Gasteiger partial charge in [-0.05, 0) is 45.0 Å². The monoisotopic (exact) mass is 369 g/mol. The molecular weight excluding hydrogens is 342 g/mol. The Morgan fingerprint density at radius 3 is 2.44 bits per heavy atom. The van der Waals surface area contributed by atoms with Gasteiger partial charge in [-0.25, -0.2) is 4.99 Å². The summed E-state index contributed by atoms with van der Waals surface area (Å²) in [7, 11) is 0. The van der Waals surface area contributed by atoms with E-state index in [9.17, 15) is 4.79 Å². The maximum absolute atomic E-state index is 12.2. The van der Waals surface area contributed by atoms with Crippen LogP contribution >= 0.6 is 12.6 Å². The van der Waals surface area contributed by atoms with Gasteiger partial charge in [-0.2, -0.15) is 0 Å². The fraction of sp³-hybridized carbons (Fsp3) is 0.250. The molecule has 25 heavy (non-hydrogen) atoms. The summed E-state index contributed by atoms with van der Waals surface area (Å²) < 4.78 is 0. The van der Waals surface area contributed by atoms with Gasteiger partial charge in [-0.3, -0.25) is 4.79 Å². The van der Waals surface area contributed by atoms with Crippen LogP contribution in [-0.4, -0.2) is 27.3 Å². The highest BCUT2D eigenvalue weighted by Crippen LogP contribution is 2.20. The van der Waals surface area contributed by atoms with E-state index >= 15 is 0 Å². The Morgan fingerprint density at radius 1 is 1.24 bits per heavy atom. The Bertz CT molecular complexity index is 769. The van der Waals surface area contributed by atoms with Crippen LogP contribution in [0.1, 0.15) is 26.3 Å². The van der Waals surface area contributed by atoms with Crippen LogP contribution in [0.4, 0.5) is 11.4 Å². The van der Waals surface area contributed by atoms with Gasteiger partial charge in [0, 0.05) is 16.6 Å². The van der Waals surface area contributed by atoms with Crippen molar-refractivity contribution in [2.24, 2.45) is 10.7 Å². The third-order valence-corrected chi connectivity index (χ3v) is 3.08. The van der Waals surface area contributed by atoms with E-state index in [0.717, 1.165) is 4.90 Å². The van der Waals surface area contributed by atoms with Crippen LogP contribution in [0.2, 0.25) is 0 Å². The van der Waals surface area contributed by atoms with Gasteiger partial charge in [0.2, 0.25) is 0 Å². The van der Waals surface area contributed by atoms with Gasteiger partial charge in [0.1, 0.15) is 11.4 Å². The van der Waals surface area contributed by atoms with E-state index in [1.54, 1.807) is 24.4 Å². The zero-order valence-electron chi connectivity index (χ0n) is 14.6. The van der Waals surface area contributed by atoms with Crippen LogP contribution in [0, 0.1) is 0 Å². The van der Waals surface area contributed by atoms with Crippen molar-refractivity contribution in [3.8, 4) is 0 Å². The van der Waals surface area contributed by atoms with Crippen molar-refractivity contribution in [2.45, 2.75) is 31.2 Å². The fourth-order valence-corrected chi connectivity index (χ4v) is 2.22. The highest BCUT2D eigenvalue weighted by atomic mass is 32.1. The predicted octanol–water partition coefficient (Wildman–Crippen LogP) is 1.42. The quantitative estimate of drug-likeness (QED) is 0.312. The summed E-state index contributed by atoms with van der Waals surface area (Å²) in [4.78, 5) is 19.9. The van der Waals surface area contributed by atoms with Crippen molar-refractivity contribution < 1.29 is 11.0 Å². The first kappa shape index (κ1) is 24.9. The van der Waals surface area contributed by atoms with E-state index in [1.807, 2.05) is 32.9 Å². The number of benzene rings is 1. The zero-order valence-corrected chi connectivity index (χ0v) is 15.4. The molecule has 0 radical (unpaired) electrons. The van der Waals surface area contributed by atoms with Gasteiger partial charge in [-0.1, -0.05) is 6.07 Å². The van der Waals surface area contributed by atoms with Crippen LogP contribution < -0.4 is 22.8 Å². The van der Waals surface area contributed by atoms with E-state index in [-0.39, 0.29) is 34.0 Å². The third kappa shape index (κ3) is 6.98. The van der Waals surface area contributed by atoms with Crippen molar-refractivity contribution in [1.82, 2.24) is 11.1 Å². The Balaban J connectivity index is 0. The molecule has 8 nitrogen and oxygen atoms in total. The molecule has 1 aromatic carbocycles. The topological polar surface area (TPSA) is 181 Å². The van der Waals surface area contributed by atoms with Crippen molar-refractivity contribution in [3.05, 3.63) is 52.4 Å². The van der Waals surface area contributed by atoms with E-state index in [2.05, 4.69) is 27.9 Å². The standard InChI is InChI=1S/C16H20N4OS.H3N.2H2O/c1-16(2,3)20-12-7-8-18-15(21)13(12)14(17)19-10-5-4-6-11(22)9-10;;;/h4-9,22H,1-3H3,(H2,17,19)(H2,18,20,21);1H3;2*1H2. The number of amidine groups is 1. The lowest BCUT2D eigenvalue weighted by Gasteiger charge is -2.23. The van der Waals surface area contributed by atoms with Crippen LogP contribution in [0.25, 0.3) is 0 Å². The molecule has 1 heterocycles. The molecule has 0 aliphatic rings. The van der Waals surface area contributed by atoms with Gasteiger partial charge in [-0.15, -0.1) is 12.6 Å². The average molecular weight is 369 g/mol. The van der Waals surface area contributed by atoms with Crippen molar-refractivity contribution >= 4 is 29.8 Å². The molecule has 0 aliphatic carbocycles. The first-order chi connectivity index (χ1) is 10.3. The predicted molar refractivity (Wildman–Crippen MR) is 107 cm³/mol. The average Bonchev–Trinajstić information content (AvgIpc) is 2.36. The lowest BCUT2D eigenvalue weighted by Crippen LogP contribution is -2.32. The Morgan fingerprint density at radius 2 is 1.88 bits per heavy atom. The minimum absolute atomic E-state index is 0. The molecule has 1 aromatic heterocycles. The third-order valence-electron chi connectivity index (χ3n) is 2.81. The summed E-state index contributed by atoms with van der Waals surface area (Å²) in [5, 5.41) is 3.27. The minimum Gasteiger partial charge on any atom is -0.412 e. The number of H-pyrrole nitrogens is 1. The molecule has 0 bridgehead atoms. The number of nitrogens with zero attached hydrogens (tertiary/aromatic N) is 1. The van der Waals surface area contributed by atoms with Gasteiger partial charge in [0.05, 0.1) is 11.4 Å². The van der Waals surface area contributed by atoms with Crippen LogP contribution in [-0.2, 0) is 0 Å². The normalized spacial score (nSPS) is 10.8. The second kappa shape index (κ2) is 9.84. The molecular formula is C16H27N5O3S. The van der Waals surface area contributed by atoms with Gasteiger partial charge < -0.3 is 33.1 Å². The molecule has 0 atom stereocenters. The molecule has 2 aromatic rings. The summed E-state index contributed by atoms with van der Waals surface area (Å²) in [6.45, 7) is 6.03. The summed E-state index contributed by atoms with van der Waals surface area (Å²) in [5.74, 6) is 0.160. The lowest BCUT2D eigenvalue weighted by molar-refractivity contribution is 0.633. The number of rotatable bonds is 3. The molecule has 0 amide bonds. The van der Waals surface area contributed by atoms with Crippen LogP contribution in [0.15, 0.2) is 51.2 Å². The second-order valence-corrected chi connectivity index (χ2v) is 6.50. The van der Waals surface area contributed by atoms with Crippen molar-refractivity contribution in [2.75, 3.05) is 5.32 Å². The highest BCUT2D eigenvalue weighted by molar-refractivity contribution is 7.80. The van der Waals surface area contributed by atoms with Crippen LogP contribution in [0.3, 0.4) is 0 Å². The lowest BCUT2D eigenvalue weighted by atomic mass is 10.1. The largest absolute Gasteiger partial charge is 0.412 e. The number of aliphatic imine (C=N–C) groups is 1. The van der Waals surface area contributed by atoms with E-state index < -0.39 is 0 Å². The van der Waals surface area contributed by atoms with E-state index in [1.165, 1.54) is 0 Å². The molecule has 0 aliphatic heterocycles. The number of aromatic nitrogens is 1. The first-order valence-corrected chi connectivity index (χ1v) is 7.34. The van der Waals surface area contributed by atoms with Gasteiger partial charge >= 0.3 is 0 Å². The zero-order chi connectivity index (χ0) is 16.3. The summed E-state index contributed by atoms with van der Waals surface area (Å²) in [6.07, 6.45) is 1.58. The molecule has 140 valence electrons. The SMILES string of the molecule is CC(C)(C)Nc1cc[nH]c(=O)c1C(N)=Nc1cccc(S)c1.N.O.O. The van der Waals surface area contributed by atoms with Gasteiger partial charge in [0.15, 0.2) is 0 Å². The minimum atomic E-state index is -0.280. The number of nitrogens with two attached hydrogens (primary N) is 1. The number of aromatic amines is 1. The number of nitrogens with one attached hydrogen (secondary N) is 2. The van der Waals surface area contributed by atoms with Crippen LogP contribution in [0.5, 0.6) is 0 Å². The number of anilines is 1. The molecule has 0 fully saturated rings. The maximum Gasteiger partial charge on any atom is 0.261 e.